The van der Waals surface area contributed by atoms with Crippen LogP contribution in [0.3, 0.4) is 0 Å². The molecule has 9 heteroatoms. The summed E-state index contributed by atoms with van der Waals surface area (Å²) in [5.74, 6) is -1.65. The molecule has 1 aromatic carbocycles. The van der Waals surface area contributed by atoms with Crippen LogP contribution in [-0.4, -0.2) is 36.2 Å². The minimum absolute atomic E-state index is 0.126. The molecule has 0 atom stereocenters. The molecule has 0 radical (unpaired) electrons. The zero-order chi connectivity index (χ0) is 17.9. The van der Waals surface area contributed by atoms with E-state index in [9.17, 15) is 17.6 Å². The molecule has 0 bridgehead atoms. The molecule has 25 heavy (non-hydrogen) atoms. The maximum atomic E-state index is 13.5. The molecule has 0 saturated carbocycles. The van der Waals surface area contributed by atoms with Crippen LogP contribution in [0.4, 0.5) is 10.1 Å². The van der Waals surface area contributed by atoms with Gasteiger partial charge >= 0.3 is 0 Å². The highest BCUT2D eigenvalue weighted by atomic mass is 32.2. The van der Waals surface area contributed by atoms with E-state index in [1.165, 1.54) is 24.3 Å². The number of pyridine rings is 1. The Labute approximate surface area is 143 Å². The number of benzene rings is 1. The Hall–Kier alpha value is -2.94. The van der Waals surface area contributed by atoms with E-state index in [1.54, 1.807) is 35.1 Å². The minimum Gasteiger partial charge on any atom is -0.351 e. The van der Waals surface area contributed by atoms with Crippen molar-refractivity contribution in [3.8, 4) is 0 Å². The predicted octanol–water partition coefficient (Wildman–Crippen LogP) is 1.65. The fourth-order valence-electron chi connectivity index (χ4n) is 2.26. The monoisotopic (exact) mass is 362 g/mol. The van der Waals surface area contributed by atoms with E-state index in [0.717, 1.165) is 5.52 Å². The molecule has 1 amide bonds. The molecule has 0 unspecified atom stereocenters. The van der Waals surface area contributed by atoms with Gasteiger partial charge in [-0.25, -0.2) is 17.3 Å². The quantitative estimate of drug-likeness (QED) is 0.697. The van der Waals surface area contributed by atoms with Gasteiger partial charge in [0, 0.05) is 18.9 Å². The van der Waals surface area contributed by atoms with Crippen LogP contribution < -0.4 is 10.0 Å². The molecule has 0 saturated heterocycles. The summed E-state index contributed by atoms with van der Waals surface area (Å²) in [5, 5.41) is 6.42. The number of amides is 1. The van der Waals surface area contributed by atoms with Crippen molar-refractivity contribution in [3.63, 3.8) is 0 Å². The Bertz CT molecular complexity index is 1020. The lowest BCUT2D eigenvalue weighted by atomic mass is 10.2. The van der Waals surface area contributed by atoms with Crippen molar-refractivity contribution >= 4 is 27.1 Å². The number of carbonyl (C=O) groups is 1. The minimum atomic E-state index is -3.66. The molecule has 0 fully saturated rings. The average molecular weight is 362 g/mol. The molecule has 0 aliphatic rings. The zero-order valence-corrected chi connectivity index (χ0v) is 13.8. The third kappa shape index (κ3) is 4.13. The standard InChI is InChI=1S/C16H15FN4O3S/c17-15-4-2-1-3-14(15)16(22)18-8-10-25(23,24)20-12-6-9-21-13(11-12)5-7-19-21/h1-7,9,11,20H,8,10H2,(H,18,22). The van der Waals surface area contributed by atoms with Gasteiger partial charge in [-0.05, 0) is 30.3 Å². The molecule has 2 heterocycles. The van der Waals surface area contributed by atoms with Crippen LogP contribution in [0.1, 0.15) is 10.4 Å². The second-order valence-electron chi connectivity index (χ2n) is 5.27. The van der Waals surface area contributed by atoms with Gasteiger partial charge in [-0.3, -0.25) is 9.52 Å². The fraction of sp³-hybridized carbons (Fsp3) is 0.125. The van der Waals surface area contributed by atoms with E-state index in [1.807, 2.05) is 0 Å². The number of nitrogens with one attached hydrogen (secondary N) is 2. The zero-order valence-electron chi connectivity index (χ0n) is 13.0. The lowest BCUT2D eigenvalue weighted by Gasteiger charge is -2.09. The smallest absolute Gasteiger partial charge is 0.254 e. The number of aromatic nitrogens is 2. The summed E-state index contributed by atoms with van der Waals surface area (Å²) in [6.07, 6.45) is 3.24. The lowest BCUT2D eigenvalue weighted by Crippen LogP contribution is -2.31. The Morgan fingerprint density at radius 3 is 2.80 bits per heavy atom. The van der Waals surface area contributed by atoms with Crippen molar-refractivity contribution in [1.82, 2.24) is 14.9 Å². The van der Waals surface area contributed by atoms with Gasteiger partial charge in [0.2, 0.25) is 10.0 Å². The summed E-state index contributed by atoms with van der Waals surface area (Å²) >= 11 is 0. The number of hydrogen-bond acceptors (Lipinski definition) is 4. The molecule has 0 spiro atoms. The van der Waals surface area contributed by atoms with Crippen LogP contribution in [0, 0.1) is 5.82 Å². The van der Waals surface area contributed by atoms with Crippen LogP contribution in [0.15, 0.2) is 54.9 Å². The topological polar surface area (TPSA) is 92.6 Å². The molecule has 3 rings (SSSR count). The second-order valence-corrected chi connectivity index (χ2v) is 7.11. The molecule has 2 aromatic heterocycles. The van der Waals surface area contributed by atoms with Crippen LogP contribution in [0.5, 0.6) is 0 Å². The van der Waals surface area contributed by atoms with Gasteiger partial charge in [0.1, 0.15) is 5.82 Å². The van der Waals surface area contributed by atoms with Crippen molar-refractivity contribution in [3.05, 3.63) is 66.2 Å². The third-order valence-electron chi connectivity index (χ3n) is 3.45. The molecule has 2 N–H and O–H groups in total. The lowest BCUT2D eigenvalue weighted by molar-refractivity contribution is 0.0952. The molecular formula is C16H15FN4O3S. The Morgan fingerprint density at radius 1 is 1.20 bits per heavy atom. The van der Waals surface area contributed by atoms with Crippen LogP contribution in [0.25, 0.3) is 5.52 Å². The van der Waals surface area contributed by atoms with Crippen molar-refractivity contribution in [2.75, 3.05) is 17.0 Å². The maximum absolute atomic E-state index is 13.5. The first-order chi connectivity index (χ1) is 11.9. The first-order valence-corrected chi connectivity index (χ1v) is 9.06. The van der Waals surface area contributed by atoms with Gasteiger partial charge in [0.15, 0.2) is 0 Å². The number of rotatable bonds is 6. The van der Waals surface area contributed by atoms with Gasteiger partial charge in [-0.15, -0.1) is 0 Å². The van der Waals surface area contributed by atoms with E-state index in [-0.39, 0.29) is 17.9 Å². The number of hydrogen-bond donors (Lipinski definition) is 2. The molecular weight excluding hydrogens is 347 g/mol. The number of fused-ring (bicyclic) bond motifs is 1. The van der Waals surface area contributed by atoms with Crippen molar-refractivity contribution in [1.29, 1.82) is 0 Å². The summed E-state index contributed by atoms with van der Waals surface area (Å²) in [6.45, 7) is -0.141. The normalized spacial score (nSPS) is 11.4. The number of nitrogens with zero attached hydrogens (tertiary/aromatic N) is 2. The maximum Gasteiger partial charge on any atom is 0.254 e. The summed E-state index contributed by atoms with van der Waals surface area (Å²) in [6, 6.07) is 10.5. The van der Waals surface area contributed by atoms with Crippen LogP contribution in [0.2, 0.25) is 0 Å². The number of carbonyl (C=O) groups excluding carboxylic acids is 1. The molecule has 3 aromatic rings. The molecule has 0 aliphatic heterocycles. The molecule has 7 nitrogen and oxygen atoms in total. The second kappa shape index (κ2) is 6.89. The Kier molecular flexibility index (Phi) is 4.66. The highest BCUT2D eigenvalue weighted by molar-refractivity contribution is 7.92. The van der Waals surface area contributed by atoms with Gasteiger partial charge in [0.05, 0.1) is 22.5 Å². The van der Waals surface area contributed by atoms with Crippen LogP contribution >= 0.6 is 0 Å². The average Bonchev–Trinajstić information content (AvgIpc) is 3.02. The van der Waals surface area contributed by atoms with Crippen LogP contribution in [-0.2, 0) is 10.0 Å². The van der Waals surface area contributed by atoms with Gasteiger partial charge in [-0.2, -0.15) is 5.10 Å². The Balaban J connectivity index is 1.58. The van der Waals surface area contributed by atoms with Crippen molar-refractivity contribution in [2.45, 2.75) is 0 Å². The summed E-state index contributed by atoms with van der Waals surface area (Å²) < 4.78 is 41.7. The van der Waals surface area contributed by atoms with Gasteiger partial charge in [0.25, 0.3) is 5.91 Å². The number of halogens is 1. The fourth-order valence-corrected chi connectivity index (χ4v) is 3.21. The third-order valence-corrected chi connectivity index (χ3v) is 4.74. The van der Waals surface area contributed by atoms with E-state index in [4.69, 9.17) is 0 Å². The Morgan fingerprint density at radius 2 is 2.00 bits per heavy atom. The van der Waals surface area contributed by atoms with Gasteiger partial charge in [-0.1, -0.05) is 12.1 Å². The number of anilines is 1. The van der Waals surface area contributed by atoms with Crippen molar-refractivity contribution < 1.29 is 17.6 Å². The van der Waals surface area contributed by atoms with E-state index in [2.05, 4.69) is 15.1 Å². The predicted molar refractivity (Wildman–Crippen MR) is 91.3 cm³/mol. The SMILES string of the molecule is O=C(NCCS(=O)(=O)Nc1ccn2nccc2c1)c1ccccc1F. The summed E-state index contributed by atoms with van der Waals surface area (Å²) in [7, 11) is -3.66. The molecule has 130 valence electrons. The van der Waals surface area contributed by atoms with E-state index < -0.39 is 21.7 Å². The first kappa shape index (κ1) is 16.9. The van der Waals surface area contributed by atoms with E-state index in [0.29, 0.717) is 5.69 Å². The number of sulfonamides is 1. The summed E-state index contributed by atoms with van der Waals surface area (Å²) in [4.78, 5) is 11.9. The van der Waals surface area contributed by atoms with Crippen molar-refractivity contribution in [2.24, 2.45) is 0 Å². The first-order valence-electron chi connectivity index (χ1n) is 7.41. The van der Waals surface area contributed by atoms with Gasteiger partial charge < -0.3 is 5.32 Å². The largest absolute Gasteiger partial charge is 0.351 e. The highest BCUT2D eigenvalue weighted by Gasteiger charge is 2.14. The summed E-state index contributed by atoms with van der Waals surface area (Å²) in [5.41, 5.74) is 1.01. The highest BCUT2D eigenvalue weighted by Crippen LogP contribution is 2.13. The molecule has 0 aliphatic carbocycles. The van der Waals surface area contributed by atoms with E-state index >= 15 is 0 Å².